The summed E-state index contributed by atoms with van der Waals surface area (Å²) in [6, 6.07) is 12.0. The van der Waals surface area contributed by atoms with Crippen LogP contribution in [0.25, 0.3) is 0 Å². The fraction of sp³-hybridized carbons (Fsp3) is 0.231. The first kappa shape index (κ1) is 11.4. The van der Waals surface area contributed by atoms with Crippen LogP contribution >= 0.6 is 0 Å². The number of hydrogen-bond donors (Lipinski definition) is 2. The molecule has 0 bridgehead atoms. The second-order valence-electron chi connectivity index (χ2n) is 3.64. The number of benzene rings is 1. The molecule has 2 aromatic rings. The minimum absolute atomic E-state index is 0.838. The van der Waals surface area contributed by atoms with E-state index in [4.69, 9.17) is 0 Å². The van der Waals surface area contributed by atoms with Gasteiger partial charge in [0, 0.05) is 13.1 Å². The molecule has 0 saturated heterocycles. The van der Waals surface area contributed by atoms with Gasteiger partial charge < -0.3 is 5.32 Å². The molecule has 1 aromatic heterocycles. The zero-order valence-electron chi connectivity index (χ0n) is 10.1. The summed E-state index contributed by atoms with van der Waals surface area (Å²) >= 11 is 0. The quantitative estimate of drug-likeness (QED) is 0.789. The van der Waals surface area contributed by atoms with Crippen LogP contribution in [0.15, 0.2) is 42.6 Å². The number of rotatable bonds is 4. The number of anilines is 3. The highest BCUT2D eigenvalue weighted by molar-refractivity contribution is 5.51. The second kappa shape index (κ2) is 5.30. The van der Waals surface area contributed by atoms with E-state index < -0.39 is 0 Å². The van der Waals surface area contributed by atoms with Crippen LogP contribution in [0.2, 0.25) is 0 Å². The summed E-state index contributed by atoms with van der Waals surface area (Å²) in [4.78, 5) is 4.37. The third-order valence-electron chi connectivity index (χ3n) is 2.58. The Labute approximate surface area is 101 Å². The summed E-state index contributed by atoms with van der Waals surface area (Å²) in [5.41, 5.74) is 1.04. The number of nitrogens with zero attached hydrogens (tertiary/aromatic N) is 2. The molecule has 17 heavy (non-hydrogen) atoms. The summed E-state index contributed by atoms with van der Waals surface area (Å²) in [5, 5.41) is 6.47. The van der Waals surface area contributed by atoms with Crippen molar-refractivity contribution < 1.29 is 4.57 Å². The third-order valence-corrected chi connectivity index (χ3v) is 2.58. The van der Waals surface area contributed by atoms with Gasteiger partial charge in [-0.15, -0.1) is 4.98 Å². The van der Waals surface area contributed by atoms with Gasteiger partial charge in [-0.05, 0) is 19.1 Å². The average Bonchev–Trinajstić information content (AvgIpc) is 2.39. The molecule has 4 nitrogen and oxygen atoms in total. The maximum absolute atomic E-state index is 4.37. The highest BCUT2D eigenvalue weighted by Crippen LogP contribution is 2.11. The lowest BCUT2D eigenvalue weighted by Crippen LogP contribution is -2.39. The highest BCUT2D eigenvalue weighted by atomic mass is 15.2. The van der Waals surface area contributed by atoms with Crippen LogP contribution in [-0.4, -0.2) is 12.0 Å². The highest BCUT2D eigenvalue weighted by Gasteiger charge is 2.11. The summed E-state index contributed by atoms with van der Waals surface area (Å²) in [6.45, 7) is 2.96. The Hall–Kier alpha value is -2.10. The minimum atomic E-state index is 0.838. The predicted molar refractivity (Wildman–Crippen MR) is 69.4 cm³/mol. The van der Waals surface area contributed by atoms with Crippen molar-refractivity contribution in [3.05, 3.63) is 42.6 Å². The van der Waals surface area contributed by atoms with Crippen LogP contribution < -0.4 is 15.2 Å². The van der Waals surface area contributed by atoms with Crippen molar-refractivity contribution >= 4 is 17.5 Å². The van der Waals surface area contributed by atoms with Crippen LogP contribution in [0, 0.1) is 0 Å². The lowest BCUT2D eigenvalue weighted by Gasteiger charge is -2.09. The Morgan fingerprint density at radius 1 is 1.18 bits per heavy atom. The lowest BCUT2D eigenvalue weighted by atomic mass is 10.3. The Balaban J connectivity index is 2.33. The van der Waals surface area contributed by atoms with Crippen LogP contribution in [0.1, 0.15) is 6.92 Å². The summed E-state index contributed by atoms with van der Waals surface area (Å²) in [6.07, 6.45) is 1.79. The monoisotopic (exact) mass is 229 g/mol. The minimum Gasteiger partial charge on any atom is -0.324 e. The molecule has 0 aliphatic rings. The number of hydrogen-bond acceptors (Lipinski definition) is 3. The number of nitrogens with one attached hydrogen (secondary N) is 2. The van der Waals surface area contributed by atoms with Gasteiger partial charge in [0.05, 0.1) is 18.4 Å². The van der Waals surface area contributed by atoms with E-state index in [1.807, 2.05) is 43.4 Å². The molecule has 1 heterocycles. The molecule has 2 rings (SSSR count). The van der Waals surface area contributed by atoms with Crippen molar-refractivity contribution in [3.8, 4) is 0 Å². The molecule has 1 aromatic carbocycles. The molecule has 0 aliphatic heterocycles. The van der Waals surface area contributed by atoms with Crippen LogP contribution in [0.5, 0.6) is 0 Å². The zero-order chi connectivity index (χ0) is 12.1. The van der Waals surface area contributed by atoms with Crippen molar-refractivity contribution in [1.82, 2.24) is 4.98 Å². The predicted octanol–water partition coefficient (Wildman–Crippen LogP) is 2.17. The Morgan fingerprint density at radius 3 is 2.59 bits per heavy atom. The van der Waals surface area contributed by atoms with Gasteiger partial charge in [0.2, 0.25) is 0 Å². The largest absolute Gasteiger partial charge is 0.352 e. The first-order chi connectivity index (χ1) is 8.35. The second-order valence-corrected chi connectivity index (χ2v) is 3.64. The molecular weight excluding hydrogens is 212 g/mol. The SMILES string of the molecule is CC[n+]1c(NC)ccnc1Nc1ccccc1. The fourth-order valence-corrected chi connectivity index (χ4v) is 1.74. The molecule has 88 valence electrons. The van der Waals surface area contributed by atoms with Crippen LogP contribution in [0.3, 0.4) is 0 Å². The van der Waals surface area contributed by atoms with E-state index in [1.54, 1.807) is 6.20 Å². The molecule has 0 unspecified atom stereocenters. The maximum atomic E-state index is 4.37. The Bertz CT molecular complexity index is 482. The van der Waals surface area contributed by atoms with Crippen molar-refractivity contribution in [2.24, 2.45) is 0 Å². The van der Waals surface area contributed by atoms with E-state index in [9.17, 15) is 0 Å². The van der Waals surface area contributed by atoms with E-state index >= 15 is 0 Å². The molecular formula is C13H17N4+. The molecule has 0 atom stereocenters. The van der Waals surface area contributed by atoms with Crippen molar-refractivity contribution in [3.63, 3.8) is 0 Å². The fourth-order valence-electron chi connectivity index (χ4n) is 1.74. The lowest BCUT2D eigenvalue weighted by molar-refractivity contribution is -0.667. The molecule has 0 spiro atoms. The molecule has 2 N–H and O–H groups in total. The molecule has 0 radical (unpaired) electrons. The third kappa shape index (κ3) is 2.53. The van der Waals surface area contributed by atoms with E-state index in [-0.39, 0.29) is 0 Å². The van der Waals surface area contributed by atoms with Crippen molar-refractivity contribution in [2.75, 3.05) is 17.7 Å². The van der Waals surface area contributed by atoms with Gasteiger partial charge in [0.15, 0.2) is 5.82 Å². The average molecular weight is 229 g/mol. The first-order valence-corrected chi connectivity index (χ1v) is 5.74. The van der Waals surface area contributed by atoms with Gasteiger partial charge in [0.1, 0.15) is 0 Å². The van der Waals surface area contributed by atoms with Gasteiger partial charge in [-0.3, -0.25) is 5.32 Å². The smallest absolute Gasteiger partial charge is 0.324 e. The van der Waals surface area contributed by atoms with Crippen molar-refractivity contribution in [2.45, 2.75) is 13.5 Å². The first-order valence-electron chi connectivity index (χ1n) is 5.74. The summed E-state index contributed by atoms with van der Waals surface area (Å²) in [5.74, 6) is 1.88. The Kier molecular flexibility index (Phi) is 3.55. The van der Waals surface area contributed by atoms with Gasteiger partial charge >= 0.3 is 5.95 Å². The van der Waals surface area contributed by atoms with E-state index in [1.165, 1.54) is 0 Å². The van der Waals surface area contributed by atoms with Gasteiger partial charge in [-0.2, -0.15) is 0 Å². The topological polar surface area (TPSA) is 40.8 Å². The normalized spacial score (nSPS) is 10.0. The van der Waals surface area contributed by atoms with E-state index in [0.717, 1.165) is 24.0 Å². The van der Waals surface area contributed by atoms with Crippen LogP contribution in [0.4, 0.5) is 17.5 Å². The number of para-hydroxylation sites is 1. The van der Waals surface area contributed by atoms with Crippen LogP contribution in [-0.2, 0) is 6.54 Å². The van der Waals surface area contributed by atoms with Gasteiger partial charge in [-0.1, -0.05) is 18.2 Å². The van der Waals surface area contributed by atoms with E-state index in [0.29, 0.717) is 0 Å². The molecule has 0 aliphatic carbocycles. The van der Waals surface area contributed by atoms with Crippen molar-refractivity contribution in [1.29, 1.82) is 0 Å². The molecule has 0 saturated carbocycles. The van der Waals surface area contributed by atoms with E-state index in [2.05, 4.69) is 27.1 Å². The molecule has 0 amide bonds. The Morgan fingerprint density at radius 2 is 1.94 bits per heavy atom. The molecule has 0 fully saturated rings. The summed E-state index contributed by atoms with van der Waals surface area (Å²) < 4.78 is 2.09. The molecule has 4 heteroatoms. The zero-order valence-corrected chi connectivity index (χ0v) is 10.1. The number of aromatic nitrogens is 2. The van der Waals surface area contributed by atoms with Gasteiger partial charge in [-0.25, -0.2) is 4.57 Å². The standard InChI is InChI=1S/C13H16N4/c1-3-17-12(14-2)9-10-15-13(17)16-11-7-5-4-6-8-11/h4-10H,3H2,1-2H3,(H,14,15,16)/p+1. The summed E-state index contributed by atoms with van der Waals surface area (Å²) in [7, 11) is 1.91. The maximum Gasteiger partial charge on any atom is 0.352 e. The van der Waals surface area contributed by atoms with Gasteiger partial charge in [0.25, 0.3) is 0 Å².